The maximum Gasteiger partial charge on any atom is 0.237 e. The average Bonchev–Trinajstić information content (AvgIpc) is 3.19. The molecule has 0 aromatic heterocycles. The topological polar surface area (TPSA) is 50.4 Å². The molecule has 2 aliphatic rings. The van der Waals surface area contributed by atoms with Crippen LogP contribution in [0.5, 0.6) is 5.75 Å². The number of nitrogens with one attached hydrogen (secondary N) is 2. The van der Waals surface area contributed by atoms with Crippen LogP contribution in [0.2, 0.25) is 0 Å². The molecule has 1 amide bonds. The summed E-state index contributed by atoms with van der Waals surface area (Å²) in [6.07, 6.45) is 3.92. The second kappa shape index (κ2) is 8.91. The average molecular weight is 400 g/mol. The molecule has 0 unspecified atom stereocenters. The second-order valence-electron chi connectivity index (χ2n) is 7.94. The molecule has 1 saturated carbocycles. The number of hydrogen-bond donors (Lipinski definition) is 2. The van der Waals surface area contributed by atoms with Crippen LogP contribution < -0.4 is 15.4 Å². The summed E-state index contributed by atoms with van der Waals surface area (Å²) in [6.45, 7) is 0.836. The van der Waals surface area contributed by atoms with Crippen molar-refractivity contribution in [1.29, 1.82) is 0 Å². The molecule has 1 aliphatic heterocycles. The van der Waals surface area contributed by atoms with Crippen LogP contribution in [0.25, 0.3) is 0 Å². The van der Waals surface area contributed by atoms with Gasteiger partial charge in [-0.3, -0.25) is 4.79 Å². The van der Waals surface area contributed by atoms with Gasteiger partial charge in [0, 0.05) is 30.2 Å². The van der Waals surface area contributed by atoms with Crippen LogP contribution in [0, 0.1) is 11.6 Å². The summed E-state index contributed by atoms with van der Waals surface area (Å²) in [6, 6.07) is 13.3. The zero-order chi connectivity index (χ0) is 20.2. The Kier molecular flexibility index (Phi) is 6.09. The fourth-order valence-electron chi connectivity index (χ4n) is 4.44. The van der Waals surface area contributed by atoms with Crippen LogP contribution in [-0.2, 0) is 4.79 Å². The lowest BCUT2D eigenvalue weighted by atomic mass is 9.90. The van der Waals surface area contributed by atoms with E-state index in [9.17, 15) is 13.6 Å². The lowest BCUT2D eigenvalue weighted by molar-refractivity contribution is -0.124. The van der Waals surface area contributed by atoms with E-state index in [2.05, 4.69) is 22.8 Å². The number of hydrogen-bond acceptors (Lipinski definition) is 3. The normalized spacial score (nSPS) is 26.8. The number of amides is 1. The summed E-state index contributed by atoms with van der Waals surface area (Å²) >= 11 is 0. The third kappa shape index (κ3) is 4.93. The summed E-state index contributed by atoms with van der Waals surface area (Å²) in [5.41, 5.74) is 1.19. The van der Waals surface area contributed by atoms with Crippen LogP contribution in [0.3, 0.4) is 0 Å². The van der Waals surface area contributed by atoms with Gasteiger partial charge in [-0.2, -0.15) is 0 Å². The molecular weight excluding hydrogens is 374 g/mol. The van der Waals surface area contributed by atoms with Crippen LogP contribution in [0.1, 0.15) is 43.6 Å². The molecule has 4 rings (SSSR count). The van der Waals surface area contributed by atoms with E-state index in [4.69, 9.17) is 4.74 Å². The minimum Gasteiger partial charge on any atom is -0.490 e. The molecule has 154 valence electrons. The van der Waals surface area contributed by atoms with Crippen LogP contribution in [-0.4, -0.2) is 30.6 Å². The SMILES string of the molecule is O=C(NC1CCC(Oc2cc(F)cc(F)c2)CC1)[C@H]1NCC[C@@H]1c1ccccc1. The molecule has 29 heavy (non-hydrogen) atoms. The Hall–Kier alpha value is -2.47. The molecule has 1 aliphatic carbocycles. The van der Waals surface area contributed by atoms with Gasteiger partial charge in [0.2, 0.25) is 5.91 Å². The highest BCUT2D eigenvalue weighted by molar-refractivity contribution is 5.83. The number of carbonyl (C=O) groups excluding carboxylic acids is 1. The second-order valence-corrected chi connectivity index (χ2v) is 7.94. The van der Waals surface area contributed by atoms with Crippen molar-refractivity contribution in [3.63, 3.8) is 0 Å². The van der Waals surface area contributed by atoms with Gasteiger partial charge in [-0.05, 0) is 44.2 Å². The number of carbonyl (C=O) groups is 1. The number of rotatable bonds is 5. The molecule has 2 aromatic rings. The zero-order valence-corrected chi connectivity index (χ0v) is 16.2. The van der Waals surface area contributed by atoms with Gasteiger partial charge in [0.15, 0.2) is 0 Å². The highest BCUT2D eigenvalue weighted by Crippen LogP contribution is 2.29. The van der Waals surface area contributed by atoms with E-state index in [1.807, 2.05) is 18.2 Å². The highest BCUT2D eigenvalue weighted by Gasteiger charge is 2.35. The van der Waals surface area contributed by atoms with Crippen molar-refractivity contribution < 1.29 is 18.3 Å². The van der Waals surface area contributed by atoms with Crippen molar-refractivity contribution >= 4 is 5.91 Å². The molecule has 4 nitrogen and oxygen atoms in total. The van der Waals surface area contributed by atoms with E-state index in [1.54, 1.807) is 0 Å². The fraction of sp³-hybridized carbons (Fsp3) is 0.435. The van der Waals surface area contributed by atoms with E-state index in [-0.39, 0.29) is 35.8 Å². The number of halogens is 2. The first-order valence-corrected chi connectivity index (χ1v) is 10.3. The zero-order valence-electron chi connectivity index (χ0n) is 16.2. The molecule has 6 heteroatoms. The van der Waals surface area contributed by atoms with E-state index in [1.165, 1.54) is 17.7 Å². The standard InChI is InChI=1S/C23H26F2N2O2/c24-16-12-17(25)14-20(13-16)29-19-8-6-18(7-9-19)27-23(28)22-21(10-11-26-22)15-4-2-1-3-5-15/h1-5,12-14,18-19,21-22,26H,6-11H2,(H,27,28)/t18?,19?,21-,22+/m1/s1. The van der Waals surface area contributed by atoms with Gasteiger partial charge < -0.3 is 15.4 Å². The summed E-state index contributed by atoms with van der Waals surface area (Å²) in [7, 11) is 0. The quantitative estimate of drug-likeness (QED) is 0.800. The lowest BCUT2D eigenvalue weighted by Crippen LogP contribution is -2.48. The minimum atomic E-state index is -0.641. The number of ether oxygens (including phenoxy) is 1. The molecule has 0 bridgehead atoms. The fourth-order valence-corrected chi connectivity index (χ4v) is 4.44. The summed E-state index contributed by atoms with van der Waals surface area (Å²) < 4.78 is 32.4. The molecule has 2 fully saturated rings. The smallest absolute Gasteiger partial charge is 0.237 e. The molecule has 1 saturated heterocycles. The predicted octanol–water partition coefficient (Wildman–Crippen LogP) is 3.92. The van der Waals surface area contributed by atoms with Gasteiger partial charge in [-0.1, -0.05) is 30.3 Å². The van der Waals surface area contributed by atoms with Crippen molar-refractivity contribution in [3.8, 4) is 5.75 Å². The van der Waals surface area contributed by atoms with Crippen molar-refractivity contribution in [3.05, 3.63) is 65.7 Å². The summed E-state index contributed by atoms with van der Waals surface area (Å²) in [5.74, 6) is -0.821. The van der Waals surface area contributed by atoms with E-state index in [0.29, 0.717) is 0 Å². The first-order valence-electron chi connectivity index (χ1n) is 10.3. The molecule has 0 spiro atoms. The van der Waals surface area contributed by atoms with Crippen molar-refractivity contribution in [2.75, 3.05) is 6.54 Å². The Morgan fingerprint density at radius 3 is 2.34 bits per heavy atom. The largest absolute Gasteiger partial charge is 0.490 e. The van der Waals surface area contributed by atoms with Crippen molar-refractivity contribution in [2.24, 2.45) is 0 Å². The predicted molar refractivity (Wildman–Crippen MR) is 107 cm³/mol. The third-order valence-electron chi connectivity index (χ3n) is 5.89. The first-order chi connectivity index (χ1) is 14.1. The van der Waals surface area contributed by atoms with Crippen molar-refractivity contribution in [1.82, 2.24) is 10.6 Å². The molecule has 2 aromatic carbocycles. The highest BCUT2D eigenvalue weighted by atomic mass is 19.1. The molecule has 2 N–H and O–H groups in total. The van der Waals surface area contributed by atoms with Crippen LogP contribution >= 0.6 is 0 Å². The Morgan fingerprint density at radius 2 is 1.66 bits per heavy atom. The maximum absolute atomic E-state index is 13.3. The molecular formula is C23H26F2N2O2. The molecule has 0 radical (unpaired) electrons. The van der Waals surface area contributed by atoms with Gasteiger partial charge >= 0.3 is 0 Å². The summed E-state index contributed by atoms with van der Waals surface area (Å²) in [4.78, 5) is 12.9. The molecule has 1 heterocycles. The maximum atomic E-state index is 13.3. The van der Waals surface area contributed by atoms with Gasteiger partial charge in [-0.15, -0.1) is 0 Å². The Morgan fingerprint density at radius 1 is 0.966 bits per heavy atom. The lowest BCUT2D eigenvalue weighted by Gasteiger charge is -2.31. The van der Waals surface area contributed by atoms with E-state index in [0.717, 1.165) is 44.7 Å². The van der Waals surface area contributed by atoms with Crippen LogP contribution in [0.15, 0.2) is 48.5 Å². The molecule has 2 atom stereocenters. The Bertz CT molecular complexity index is 818. The Labute approximate surface area is 169 Å². The summed E-state index contributed by atoms with van der Waals surface area (Å²) in [5, 5.41) is 6.52. The van der Waals surface area contributed by atoms with Crippen molar-refractivity contribution in [2.45, 2.75) is 56.2 Å². The first kappa shape index (κ1) is 19.8. The van der Waals surface area contributed by atoms with Crippen LogP contribution in [0.4, 0.5) is 8.78 Å². The third-order valence-corrected chi connectivity index (χ3v) is 5.89. The van der Waals surface area contributed by atoms with Gasteiger partial charge in [0.1, 0.15) is 17.4 Å². The monoisotopic (exact) mass is 400 g/mol. The van der Waals surface area contributed by atoms with Gasteiger partial charge in [-0.25, -0.2) is 8.78 Å². The number of benzene rings is 2. The van der Waals surface area contributed by atoms with Gasteiger partial charge in [0.25, 0.3) is 0 Å². The van der Waals surface area contributed by atoms with E-state index >= 15 is 0 Å². The van der Waals surface area contributed by atoms with E-state index < -0.39 is 11.6 Å². The van der Waals surface area contributed by atoms with Gasteiger partial charge in [0.05, 0.1) is 12.1 Å². The minimum absolute atomic E-state index is 0.0490. The Balaban J connectivity index is 1.28.